The summed E-state index contributed by atoms with van der Waals surface area (Å²) in [5, 5.41) is 41.3. The van der Waals surface area contributed by atoms with Crippen molar-refractivity contribution in [2.24, 2.45) is 0 Å². The van der Waals surface area contributed by atoms with Crippen molar-refractivity contribution in [2.45, 2.75) is 12.8 Å². The van der Waals surface area contributed by atoms with Gasteiger partial charge < -0.3 is 20.4 Å². The number of rotatable bonds is 2. The van der Waals surface area contributed by atoms with Crippen LogP contribution in [0.2, 0.25) is 0 Å². The van der Waals surface area contributed by atoms with Crippen LogP contribution in [0.15, 0.2) is 60.4 Å². The molecule has 0 aliphatic heterocycles. The second-order valence-corrected chi connectivity index (χ2v) is 7.92. The molecule has 4 N–H and O–H groups in total. The third-order valence-electron chi connectivity index (χ3n) is 5.81. The second-order valence-electron chi connectivity index (χ2n) is 7.92. The zero-order valence-electron chi connectivity index (χ0n) is 16.7. The fraction of sp³-hybridized carbons (Fsp3) is 0.0769. The van der Waals surface area contributed by atoms with Gasteiger partial charge in [0.05, 0.1) is 5.76 Å². The van der Waals surface area contributed by atoms with E-state index in [1.165, 1.54) is 30.3 Å². The highest BCUT2D eigenvalue weighted by Crippen LogP contribution is 2.41. The molecule has 0 unspecified atom stereocenters. The number of aliphatic hydroxyl groups excluding tert-OH is 1. The Balaban J connectivity index is 1.63. The number of phenolic OH excluding ortho intramolecular Hbond substituents is 3. The van der Waals surface area contributed by atoms with Gasteiger partial charge in [-0.15, -0.1) is 0 Å². The molecule has 5 rings (SSSR count). The smallest absolute Gasteiger partial charge is 0.131 e. The molecular weight excluding hydrogens is 414 g/mol. The van der Waals surface area contributed by atoms with E-state index in [-0.39, 0.29) is 45.3 Å². The number of hydrogen-bond donors (Lipinski definition) is 4. The quantitative estimate of drug-likeness (QED) is 0.295. The van der Waals surface area contributed by atoms with Crippen LogP contribution in [0, 0.1) is 11.6 Å². The summed E-state index contributed by atoms with van der Waals surface area (Å²) in [4.78, 5) is 0. The van der Waals surface area contributed by atoms with Crippen molar-refractivity contribution in [1.82, 2.24) is 0 Å². The standard InChI is InChI=1S/C26H18F2O4/c27-23-12-20(22-8-14-2-4-18(30)6-16(14)10-26(22)32)24(28)11-19(23)21-7-13-1-3-17(29)5-15(13)9-25(21)31/h1,3,5-12,29-32H,2,4H2. The van der Waals surface area contributed by atoms with E-state index in [1.54, 1.807) is 18.2 Å². The summed E-state index contributed by atoms with van der Waals surface area (Å²) in [6, 6.07) is 12.5. The highest BCUT2D eigenvalue weighted by molar-refractivity contribution is 5.92. The molecule has 0 fully saturated rings. The van der Waals surface area contributed by atoms with Crippen LogP contribution in [0.25, 0.3) is 39.1 Å². The molecule has 160 valence electrons. The molecule has 0 saturated heterocycles. The van der Waals surface area contributed by atoms with E-state index >= 15 is 8.78 Å². The Bertz CT molecular complexity index is 1440. The number of aliphatic hydroxyl groups is 1. The van der Waals surface area contributed by atoms with Gasteiger partial charge in [0.2, 0.25) is 0 Å². The fourth-order valence-corrected chi connectivity index (χ4v) is 4.18. The molecule has 4 nitrogen and oxygen atoms in total. The zero-order chi connectivity index (χ0) is 22.6. The van der Waals surface area contributed by atoms with E-state index < -0.39 is 11.6 Å². The van der Waals surface area contributed by atoms with Gasteiger partial charge >= 0.3 is 0 Å². The molecule has 4 aromatic rings. The molecule has 6 heteroatoms. The Morgan fingerprint density at radius 3 is 1.97 bits per heavy atom. The van der Waals surface area contributed by atoms with Crippen LogP contribution in [0.4, 0.5) is 8.78 Å². The molecule has 0 heterocycles. The van der Waals surface area contributed by atoms with E-state index in [0.29, 0.717) is 29.2 Å². The minimum absolute atomic E-state index is 0.0294. The molecule has 0 radical (unpaired) electrons. The van der Waals surface area contributed by atoms with Gasteiger partial charge in [0.15, 0.2) is 0 Å². The van der Waals surface area contributed by atoms with Crippen molar-refractivity contribution >= 4 is 16.8 Å². The first-order valence-corrected chi connectivity index (χ1v) is 10.0. The van der Waals surface area contributed by atoms with E-state index in [0.717, 1.165) is 17.7 Å². The Kier molecular flexibility index (Phi) is 4.51. The van der Waals surface area contributed by atoms with Gasteiger partial charge in [0.25, 0.3) is 0 Å². The van der Waals surface area contributed by atoms with Crippen LogP contribution in [0.1, 0.15) is 17.5 Å². The lowest BCUT2D eigenvalue weighted by molar-refractivity contribution is 0.391. The van der Waals surface area contributed by atoms with Gasteiger partial charge in [-0.25, -0.2) is 8.78 Å². The van der Waals surface area contributed by atoms with Crippen molar-refractivity contribution in [3.05, 3.63) is 83.1 Å². The Labute approximate surface area is 181 Å². The Hall–Kier alpha value is -4.06. The molecule has 0 saturated carbocycles. The predicted molar refractivity (Wildman–Crippen MR) is 119 cm³/mol. The number of aromatic hydroxyl groups is 3. The first kappa shape index (κ1) is 19.9. The van der Waals surface area contributed by atoms with Crippen molar-refractivity contribution in [3.63, 3.8) is 0 Å². The van der Waals surface area contributed by atoms with Crippen molar-refractivity contribution in [3.8, 4) is 39.5 Å². The first-order chi connectivity index (χ1) is 15.3. The van der Waals surface area contributed by atoms with Crippen molar-refractivity contribution < 1.29 is 29.2 Å². The molecule has 0 atom stereocenters. The number of benzene rings is 4. The van der Waals surface area contributed by atoms with Gasteiger partial charge in [0, 0.05) is 28.7 Å². The van der Waals surface area contributed by atoms with Gasteiger partial charge in [-0.3, -0.25) is 0 Å². The maximum atomic E-state index is 15.1. The highest BCUT2D eigenvalue weighted by Gasteiger charge is 2.20. The summed E-state index contributed by atoms with van der Waals surface area (Å²) in [7, 11) is 0. The Morgan fingerprint density at radius 1 is 0.594 bits per heavy atom. The van der Waals surface area contributed by atoms with Crippen LogP contribution < -0.4 is 0 Å². The lowest BCUT2D eigenvalue weighted by atomic mass is 9.90. The minimum Gasteiger partial charge on any atom is -0.512 e. The molecule has 32 heavy (non-hydrogen) atoms. The number of allylic oxidation sites excluding steroid dienone is 1. The number of hydrogen-bond acceptors (Lipinski definition) is 4. The summed E-state index contributed by atoms with van der Waals surface area (Å²) in [5.74, 6) is -1.76. The average Bonchev–Trinajstić information content (AvgIpc) is 2.74. The lowest BCUT2D eigenvalue weighted by Gasteiger charge is -2.17. The molecule has 1 aliphatic carbocycles. The number of aryl methyl sites for hydroxylation is 1. The summed E-state index contributed by atoms with van der Waals surface area (Å²) < 4.78 is 30.3. The van der Waals surface area contributed by atoms with Crippen LogP contribution in [-0.4, -0.2) is 20.4 Å². The molecule has 1 aliphatic rings. The largest absolute Gasteiger partial charge is 0.512 e. The van der Waals surface area contributed by atoms with E-state index in [4.69, 9.17) is 0 Å². The molecule has 0 bridgehead atoms. The molecule has 0 amide bonds. The SMILES string of the molecule is OC1=Cc2cc(O)c(-c3cc(F)c(-c4cc5ccc(O)cc5cc4O)cc3F)cc2CC1. The van der Waals surface area contributed by atoms with Gasteiger partial charge in [-0.2, -0.15) is 0 Å². The second kappa shape index (κ2) is 7.27. The number of phenols is 3. The monoisotopic (exact) mass is 432 g/mol. The predicted octanol–water partition coefficient (Wildman–Crippen LogP) is 6.41. The molecular formula is C26H18F2O4. The van der Waals surface area contributed by atoms with Crippen molar-refractivity contribution in [1.29, 1.82) is 0 Å². The Morgan fingerprint density at radius 2 is 1.25 bits per heavy atom. The highest BCUT2D eigenvalue weighted by atomic mass is 19.1. The maximum absolute atomic E-state index is 15.1. The van der Waals surface area contributed by atoms with Gasteiger partial charge in [0.1, 0.15) is 28.9 Å². The fourth-order valence-electron chi connectivity index (χ4n) is 4.18. The molecule has 0 aromatic heterocycles. The summed E-state index contributed by atoms with van der Waals surface area (Å²) in [6.45, 7) is 0. The minimum atomic E-state index is -0.760. The van der Waals surface area contributed by atoms with E-state index in [9.17, 15) is 20.4 Å². The van der Waals surface area contributed by atoms with Crippen LogP contribution in [-0.2, 0) is 6.42 Å². The van der Waals surface area contributed by atoms with Gasteiger partial charge in [-0.05, 0) is 82.9 Å². The third-order valence-corrected chi connectivity index (χ3v) is 5.81. The van der Waals surface area contributed by atoms with Crippen LogP contribution >= 0.6 is 0 Å². The first-order valence-electron chi connectivity index (χ1n) is 10.0. The zero-order valence-corrected chi connectivity index (χ0v) is 16.7. The number of fused-ring (bicyclic) bond motifs is 2. The number of halogens is 2. The average molecular weight is 432 g/mol. The van der Waals surface area contributed by atoms with E-state index in [2.05, 4.69) is 0 Å². The molecule has 0 spiro atoms. The normalized spacial score (nSPS) is 13.1. The summed E-state index contributed by atoms with van der Waals surface area (Å²) in [6.07, 6.45) is 2.50. The van der Waals surface area contributed by atoms with Gasteiger partial charge in [-0.1, -0.05) is 6.07 Å². The maximum Gasteiger partial charge on any atom is 0.131 e. The lowest BCUT2D eigenvalue weighted by Crippen LogP contribution is -2.00. The van der Waals surface area contributed by atoms with E-state index in [1.807, 2.05) is 0 Å². The summed E-state index contributed by atoms with van der Waals surface area (Å²) >= 11 is 0. The van der Waals surface area contributed by atoms with Crippen LogP contribution in [0.5, 0.6) is 17.2 Å². The van der Waals surface area contributed by atoms with Crippen LogP contribution in [0.3, 0.4) is 0 Å². The van der Waals surface area contributed by atoms with Crippen molar-refractivity contribution in [2.75, 3.05) is 0 Å². The molecule has 4 aromatic carbocycles. The third kappa shape index (κ3) is 3.30. The topological polar surface area (TPSA) is 80.9 Å². The summed E-state index contributed by atoms with van der Waals surface area (Å²) in [5.41, 5.74) is 1.50.